The molecule has 0 bridgehead atoms. The highest BCUT2D eigenvalue weighted by atomic mass is 16.6. The summed E-state index contributed by atoms with van der Waals surface area (Å²) in [6, 6.07) is 13.7. The Bertz CT molecular complexity index is 1000. The predicted octanol–water partition coefficient (Wildman–Crippen LogP) is 4.33. The lowest BCUT2D eigenvalue weighted by Crippen LogP contribution is -2.52. The third-order valence-corrected chi connectivity index (χ3v) is 5.57. The van der Waals surface area contributed by atoms with Crippen LogP contribution in [0.5, 0.6) is 5.75 Å². The van der Waals surface area contributed by atoms with Crippen molar-refractivity contribution in [1.82, 2.24) is 15.5 Å². The molecule has 36 heavy (non-hydrogen) atoms. The van der Waals surface area contributed by atoms with E-state index in [1.807, 2.05) is 30.3 Å². The number of aromatic hydroxyl groups is 1. The molecule has 0 heterocycles. The van der Waals surface area contributed by atoms with Crippen LogP contribution in [0.3, 0.4) is 0 Å². The Morgan fingerprint density at radius 2 is 1.64 bits per heavy atom. The van der Waals surface area contributed by atoms with Crippen molar-refractivity contribution in [2.45, 2.75) is 71.1 Å². The monoisotopic (exact) mass is 497 g/mol. The van der Waals surface area contributed by atoms with Crippen molar-refractivity contribution in [2.75, 3.05) is 13.6 Å². The van der Waals surface area contributed by atoms with E-state index < -0.39 is 35.6 Å². The number of alkyl carbamates (subject to hydrolysis) is 1. The minimum absolute atomic E-state index is 0.0921. The Labute approximate surface area is 214 Å². The number of phenols is 1. The maximum absolute atomic E-state index is 13.7. The molecule has 0 radical (unpaired) electrons. The largest absolute Gasteiger partial charge is 0.508 e. The zero-order chi connectivity index (χ0) is 26.7. The fraction of sp³-hybridized carbons (Fsp3) is 0.464. The van der Waals surface area contributed by atoms with Gasteiger partial charge in [0.2, 0.25) is 11.8 Å². The molecule has 0 fully saturated rings. The van der Waals surface area contributed by atoms with Gasteiger partial charge in [-0.3, -0.25) is 9.59 Å². The van der Waals surface area contributed by atoms with Crippen LogP contribution in [-0.2, 0) is 20.7 Å². The second kappa shape index (κ2) is 13.5. The number of nitrogens with one attached hydrogen (secondary N) is 2. The SMILES string of the molecule is CCCCCNC(=O)C(c1ccccc1O)N(C)C(=O)C(Cc1ccccc1)NC(=O)OC(C)(C)C. The summed E-state index contributed by atoms with van der Waals surface area (Å²) in [6.45, 7) is 7.75. The number of carbonyl (C=O) groups is 3. The van der Waals surface area contributed by atoms with Crippen LogP contribution in [0, 0.1) is 0 Å². The van der Waals surface area contributed by atoms with Gasteiger partial charge < -0.3 is 25.4 Å². The molecule has 196 valence electrons. The lowest BCUT2D eigenvalue weighted by Gasteiger charge is -2.32. The van der Waals surface area contributed by atoms with Gasteiger partial charge in [-0.15, -0.1) is 0 Å². The van der Waals surface area contributed by atoms with E-state index in [1.165, 1.54) is 18.0 Å². The van der Waals surface area contributed by atoms with Crippen molar-refractivity contribution in [1.29, 1.82) is 0 Å². The minimum atomic E-state index is -1.08. The second-order valence-corrected chi connectivity index (χ2v) is 9.80. The maximum Gasteiger partial charge on any atom is 0.408 e. The third kappa shape index (κ3) is 8.91. The van der Waals surface area contributed by atoms with Crippen molar-refractivity contribution >= 4 is 17.9 Å². The fourth-order valence-electron chi connectivity index (χ4n) is 3.80. The normalized spacial score (nSPS) is 12.8. The Hall–Kier alpha value is -3.55. The predicted molar refractivity (Wildman–Crippen MR) is 139 cm³/mol. The molecule has 2 aromatic carbocycles. The number of ether oxygens (including phenoxy) is 1. The van der Waals surface area contributed by atoms with E-state index in [2.05, 4.69) is 17.6 Å². The molecule has 0 aromatic heterocycles. The number of unbranched alkanes of at least 4 members (excludes halogenated alkanes) is 2. The van der Waals surface area contributed by atoms with Crippen molar-refractivity contribution in [3.8, 4) is 5.75 Å². The summed E-state index contributed by atoms with van der Waals surface area (Å²) in [5.74, 6) is -0.980. The highest BCUT2D eigenvalue weighted by Gasteiger charge is 2.35. The quantitative estimate of drug-likeness (QED) is 0.401. The molecule has 8 nitrogen and oxygen atoms in total. The lowest BCUT2D eigenvalue weighted by atomic mass is 10.0. The van der Waals surface area contributed by atoms with Gasteiger partial charge in [0.05, 0.1) is 0 Å². The molecule has 0 saturated carbocycles. The van der Waals surface area contributed by atoms with Crippen LogP contribution in [0.1, 0.15) is 64.1 Å². The molecule has 2 unspecified atom stereocenters. The minimum Gasteiger partial charge on any atom is -0.508 e. The van der Waals surface area contributed by atoms with Gasteiger partial charge in [0.25, 0.3) is 0 Å². The number of para-hydroxylation sites is 1. The molecule has 2 rings (SSSR count). The summed E-state index contributed by atoms with van der Waals surface area (Å²) in [5.41, 5.74) is 0.396. The molecule has 0 spiro atoms. The Morgan fingerprint density at radius 3 is 2.25 bits per heavy atom. The van der Waals surface area contributed by atoms with E-state index in [0.29, 0.717) is 12.1 Å². The summed E-state index contributed by atoms with van der Waals surface area (Å²) in [7, 11) is 1.50. The van der Waals surface area contributed by atoms with Crippen LogP contribution in [0.25, 0.3) is 0 Å². The smallest absolute Gasteiger partial charge is 0.408 e. The molecular formula is C28H39N3O5. The van der Waals surface area contributed by atoms with E-state index in [9.17, 15) is 19.5 Å². The molecule has 2 atom stereocenters. The molecule has 8 heteroatoms. The number of benzene rings is 2. The van der Waals surface area contributed by atoms with Crippen molar-refractivity contribution < 1.29 is 24.2 Å². The van der Waals surface area contributed by atoms with Crippen molar-refractivity contribution in [3.63, 3.8) is 0 Å². The van der Waals surface area contributed by atoms with Crippen molar-refractivity contribution in [2.24, 2.45) is 0 Å². The number of hydrogen-bond donors (Lipinski definition) is 3. The zero-order valence-corrected chi connectivity index (χ0v) is 21.9. The molecule has 3 amide bonds. The molecule has 0 aliphatic carbocycles. The van der Waals surface area contributed by atoms with Crippen LogP contribution >= 0.6 is 0 Å². The first-order valence-corrected chi connectivity index (χ1v) is 12.4. The van der Waals surface area contributed by atoms with E-state index in [4.69, 9.17) is 4.74 Å². The highest BCUT2D eigenvalue weighted by Crippen LogP contribution is 2.29. The van der Waals surface area contributed by atoms with Gasteiger partial charge in [0, 0.05) is 25.6 Å². The molecular weight excluding hydrogens is 458 g/mol. The van der Waals surface area contributed by atoms with Gasteiger partial charge >= 0.3 is 6.09 Å². The number of carbonyl (C=O) groups excluding carboxylic acids is 3. The average molecular weight is 498 g/mol. The summed E-state index contributed by atoms with van der Waals surface area (Å²) < 4.78 is 5.38. The first-order chi connectivity index (χ1) is 17.0. The van der Waals surface area contributed by atoms with E-state index in [-0.39, 0.29) is 12.2 Å². The van der Waals surface area contributed by atoms with Crippen LogP contribution in [0.2, 0.25) is 0 Å². The molecule has 0 saturated heterocycles. The molecule has 2 aromatic rings. The van der Waals surface area contributed by atoms with Gasteiger partial charge in [0.1, 0.15) is 23.4 Å². The van der Waals surface area contributed by atoms with Crippen LogP contribution in [0.4, 0.5) is 4.79 Å². The van der Waals surface area contributed by atoms with Gasteiger partial charge in [-0.1, -0.05) is 68.3 Å². The molecule has 0 aliphatic rings. The zero-order valence-electron chi connectivity index (χ0n) is 21.9. The van der Waals surface area contributed by atoms with Gasteiger partial charge in [-0.25, -0.2) is 4.79 Å². The maximum atomic E-state index is 13.7. The number of nitrogens with zero attached hydrogens (tertiary/aromatic N) is 1. The number of likely N-dealkylation sites (N-methyl/N-ethyl adjacent to an activating group) is 1. The van der Waals surface area contributed by atoms with Crippen LogP contribution < -0.4 is 10.6 Å². The van der Waals surface area contributed by atoms with Crippen LogP contribution in [-0.4, -0.2) is 53.1 Å². The highest BCUT2D eigenvalue weighted by molar-refractivity contribution is 5.92. The molecule has 3 N–H and O–H groups in total. The average Bonchev–Trinajstić information content (AvgIpc) is 2.81. The fourth-order valence-corrected chi connectivity index (χ4v) is 3.80. The number of amides is 3. The summed E-state index contributed by atoms with van der Waals surface area (Å²) in [5, 5.41) is 16.1. The summed E-state index contributed by atoms with van der Waals surface area (Å²) >= 11 is 0. The van der Waals surface area contributed by atoms with E-state index >= 15 is 0 Å². The molecule has 0 aliphatic heterocycles. The Morgan fingerprint density at radius 1 is 1.00 bits per heavy atom. The van der Waals surface area contributed by atoms with Gasteiger partial charge in [0.15, 0.2) is 0 Å². The first-order valence-electron chi connectivity index (χ1n) is 12.4. The summed E-state index contributed by atoms with van der Waals surface area (Å²) in [4.78, 5) is 40.9. The van der Waals surface area contributed by atoms with E-state index in [0.717, 1.165) is 24.8 Å². The Kier molecular flexibility index (Phi) is 10.8. The number of hydrogen-bond acceptors (Lipinski definition) is 5. The second-order valence-electron chi connectivity index (χ2n) is 9.80. The van der Waals surface area contributed by atoms with Gasteiger partial charge in [-0.2, -0.15) is 0 Å². The topological polar surface area (TPSA) is 108 Å². The standard InChI is InChI=1S/C28H39N3O5/c1-6-7-13-18-29-25(33)24(21-16-11-12-17-23(21)32)31(5)26(34)22(19-20-14-9-8-10-15-20)30-27(35)36-28(2,3)4/h8-12,14-17,22,24,32H,6-7,13,18-19H2,1-5H3,(H,29,33)(H,30,35). The number of phenolic OH excluding ortho intramolecular Hbond substituents is 1. The van der Waals surface area contributed by atoms with Crippen molar-refractivity contribution in [3.05, 3.63) is 65.7 Å². The van der Waals surface area contributed by atoms with Gasteiger partial charge in [-0.05, 0) is 38.8 Å². The number of rotatable bonds is 11. The van der Waals surface area contributed by atoms with Crippen LogP contribution in [0.15, 0.2) is 54.6 Å². The summed E-state index contributed by atoms with van der Waals surface area (Å²) in [6.07, 6.45) is 2.26. The Balaban J connectivity index is 2.35. The third-order valence-electron chi connectivity index (χ3n) is 5.57. The lowest BCUT2D eigenvalue weighted by molar-refractivity contribution is -0.140. The van der Waals surface area contributed by atoms with E-state index in [1.54, 1.807) is 39.0 Å². The first kappa shape index (κ1) is 28.7.